The summed E-state index contributed by atoms with van der Waals surface area (Å²) in [5.74, 6) is -0.831. The lowest BCUT2D eigenvalue weighted by Gasteiger charge is -2.29. The van der Waals surface area contributed by atoms with Crippen molar-refractivity contribution < 1.29 is 19.1 Å². The smallest absolute Gasteiger partial charge is 0.358 e. The Bertz CT molecular complexity index is 593. The molecule has 7 nitrogen and oxygen atoms in total. The van der Waals surface area contributed by atoms with Crippen LogP contribution in [0.3, 0.4) is 0 Å². The molecule has 0 aromatic carbocycles. The van der Waals surface area contributed by atoms with Gasteiger partial charge in [-0.2, -0.15) is 5.26 Å². The molecule has 2 heterocycles. The van der Waals surface area contributed by atoms with E-state index in [1.165, 1.54) is 6.92 Å². The average molecular weight is 309 g/mol. The number of nitriles is 1. The summed E-state index contributed by atoms with van der Waals surface area (Å²) >= 11 is 1.14. The van der Waals surface area contributed by atoms with E-state index in [-0.39, 0.29) is 23.0 Å². The van der Waals surface area contributed by atoms with Crippen LogP contribution in [0.25, 0.3) is 0 Å². The van der Waals surface area contributed by atoms with Crippen molar-refractivity contribution in [1.82, 2.24) is 4.98 Å². The monoisotopic (exact) mass is 309 g/mol. The SMILES string of the molecule is CCOC(=O)c1nc(N2CCOC(C#N)C2)sc1C(C)=O. The number of Topliss-reactive ketones (excluding diaryl/α,β-unsaturated/α-hetero) is 1. The zero-order chi connectivity index (χ0) is 15.4. The van der Waals surface area contributed by atoms with Crippen LogP contribution in [0.2, 0.25) is 0 Å². The summed E-state index contributed by atoms with van der Waals surface area (Å²) in [4.78, 5) is 29.9. The summed E-state index contributed by atoms with van der Waals surface area (Å²) in [6.07, 6.45) is -0.533. The molecule has 0 bridgehead atoms. The van der Waals surface area contributed by atoms with Gasteiger partial charge in [-0.15, -0.1) is 0 Å². The number of morpholine rings is 1. The molecule has 1 fully saturated rings. The maximum absolute atomic E-state index is 11.9. The van der Waals surface area contributed by atoms with Gasteiger partial charge in [0.1, 0.15) is 4.88 Å². The van der Waals surface area contributed by atoms with Crippen molar-refractivity contribution in [2.75, 3.05) is 31.2 Å². The van der Waals surface area contributed by atoms with Crippen molar-refractivity contribution in [2.24, 2.45) is 0 Å². The van der Waals surface area contributed by atoms with Gasteiger partial charge in [0.05, 0.1) is 25.8 Å². The zero-order valence-corrected chi connectivity index (χ0v) is 12.6. The second-order valence-corrected chi connectivity index (χ2v) is 5.36. The van der Waals surface area contributed by atoms with E-state index in [4.69, 9.17) is 14.7 Å². The summed E-state index contributed by atoms with van der Waals surface area (Å²) in [6.45, 7) is 4.63. The molecule has 0 spiro atoms. The molecule has 1 aliphatic rings. The Morgan fingerprint density at radius 2 is 2.38 bits per heavy atom. The van der Waals surface area contributed by atoms with E-state index in [9.17, 15) is 9.59 Å². The van der Waals surface area contributed by atoms with Crippen LogP contribution in [-0.2, 0) is 9.47 Å². The highest BCUT2D eigenvalue weighted by atomic mass is 32.1. The Kier molecular flexibility index (Phi) is 4.88. The van der Waals surface area contributed by atoms with Crippen molar-refractivity contribution in [3.8, 4) is 6.07 Å². The molecule has 0 radical (unpaired) electrons. The van der Waals surface area contributed by atoms with Gasteiger partial charge >= 0.3 is 5.97 Å². The summed E-state index contributed by atoms with van der Waals surface area (Å²) in [6, 6.07) is 2.05. The molecule has 21 heavy (non-hydrogen) atoms. The van der Waals surface area contributed by atoms with Crippen molar-refractivity contribution >= 4 is 28.2 Å². The normalized spacial score (nSPS) is 18.1. The predicted molar refractivity (Wildman–Crippen MR) is 75.6 cm³/mol. The van der Waals surface area contributed by atoms with Crippen LogP contribution < -0.4 is 4.90 Å². The predicted octanol–water partition coefficient (Wildman–Crippen LogP) is 1.25. The number of nitrogens with zero attached hydrogens (tertiary/aromatic N) is 3. The van der Waals surface area contributed by atoms with E-state index >= 15 is 0 Å². The summed E-state index contributed by atoms with van der Waals surface area (Å²) < 4.78 is 10.2. The second-order valence-electron chi connectivity index (χ2n) is 4.39. The fraction of sp³-hybridized carbons (Fsp3) is 0.538. The number of esters is 1. The van der Waals surface area contributed by atoms with Gasteiger partial charge in [0.15, 0.2) is 22.7 Å². The second kappa shape index (κ2) is 6.65. The van der Waals surface area contributed by atoms with Crippen LogP contribution in [0, 0.1) is 11.3 Å². The first-order valence-electron chi connectivity index (χ1n) is 6.51. The maximum atomic E-state index is 11.9. The maximum Gasteiger partial charge on any atom is 0.358 e. The third-order valence-corrected chi connectivity index (χ3v) is 4.10. The van der Waals surface area contributed by atoms with Crippen molar-refractivity contribution in [3.05, 3.63) is 10.6 Å². The standard InChI is InChI=1S/C13H15N3O4S/c1-3-19-12(18)10-11(8(2)17)21-13(15-10)16-4-5-20-9(6-14)7-16/h9H,3-5,7H2,1-2H3. The van der Waals surface area contributed by atoms with Crippen LogP contribution in [0.1, 0.15) is 34.0 Å². The van der Waals surface area contributed by atoms with Crippen molar-refractivity contribution in [1.29, 1.82) is 5.26 Å². The molecule has 1 atom stereocenters. The van der Waals surface area contributed by atoms with Crippen LogP contribution in [0.4, 0.5) is 5.13 Å². The Morgan fingerprint density at radius 3 is 3.00 bits per heavy atom. The lowest BCUT2D eigenvalue weighted by molar-refractivity contribution is 0.0517. The van der Waals surface area contributed by atoms with E-state index in [2.05, 4.69) is 4.98 Å². The highest BCUT2D eigenvalue weighted by Gasteiger charge is 2.27. The van der Waals surface area contributed by atoms with Gasteiger partial charge < -0.3 is 14.4 Å². The first-order valence-corrected chi connectivity index (χ1v) is 7.33. The summed E-state index contributed by atoms with van der Waals surface area (Å²) in [7, 11) is 0. The molecule has 1 aliphatic heterocycles. The molecular formula is C13H15N3O4S. The number of rotatable bonds is 4. The van der Waals surface area contributed by atoms with E-state index in [1.54, 1.807) is 6.92 Å². The number of ketones is 1. The minimum atomic E-state index is -0.602. The molecule has 1 aromatic rings. The highest BCUT2D eigenvalue weighted by molar-refractivity contribution is 7.17. The molecule has 8 heteroatoms. The topological polar surface area (TPSA) is 92.5 Å². The number of carbonyl (C=O) groups is 2. The number of thiazole rings is 1. The number of aromatic nitrogens is 1. The molecule has 112 valence electrons. The molecule has 0 N–H and O–H groups in total. The Morgan fingerprint density at radius 1 is 1.62 bits per heavy atom. The minimum Gasteiger partial charge on any atom is -0.461 e. The number of anilines is 1. The van der Waals surface area contributed by atoms with E-state index in [1.807, 2.05) is 11.0 Å². The fourth-order valence-electron chi connectivity index (χ4n) is 1.92. The summed E-state index contributed by atoms with van der Waals surface area (Å²) in [5, 5.41) is 9.45. The lowest BCUT2D eigenvalue weighted by Crippen LogP contribution is -2.41. The fourth-order valence-corrected chi connectivity index (χ4v) is 2.91. The van der Waals surface area contributed by atoms with Crippen LogP contribution >= 0.6 is 11.3 Å². The van der Waals surface area contributed by atoms with Crippen LogP contribution in [0.5, 0.6) is 0 Å². The quantitative estimate of drug-likeness (QED) is 0.610. The minimum absolute atomic E-state index is 0.0457. The molecule has 1 saturated heterocycles. The molecule has 0 aliphatic carbocycles. The highest BCUT2D eigenvalue weighted by Crippen LogP contribution is 2.28. The van der Waals surface area contributed by atoms with Gasteiger partial charge in [-0.25, -0.2) is 9.78 Å². The molecule has 1 aromatic heterocycles. The first-order chi connectivity index (χ1) is 10.1. The molecule has 2 rings (SSSR count). The zero-order valence-electron chi connectivity index (χ0n) is 11.8. The Labute approximate surface area is 126 Å². The van der Waals surface area contributed by atoms with E-state index < -0.39 is 12.1 Å². The van der Waals surface area contributed by atoms with Gasteiger partial charge in [0.2, 0.25) is 0 Å². The van der Waals surface area contributed by atoms with Crippen molar-refractivity contribution in [3.63, 3.8) is 0 Å². The lowest BCUT2D eigenvalue weighted by atomic mass is 10.3. The number of hydrogen-bond donors (Lipinski definition) is 0. The van der Waals surface area contributed by atoms with Gasteiger partial charge in [0, 0.05) is 13.5 Å². The van der Waals surface area contributed by atoms with Crippen LogP contribution in [-0.4, -0.2) is 49.1 Å². The molecule has 0 amide bonds. The van der Waals surface area contributed by atoms with Gasteiger partial charge in [0.25, 0.3) is 0 Å². The molecular weight excluding hydrogens is 294 g/mol. The number of hydrogen-bond acceptors (Lipinski definition) is 8. The number of carbonyl (C=O) groups excluding carboxylic acids is 2. The van der Waals surface area contributed by atoms with Crippen LogP contribution in [0.15, 0.2) is 0 Å². The van der Waals surface area contributed by atoms with E-state index in [0.717, 1.165) is 11.3 Å². The van der Waals surface area contributed by atoms with Gasteiger partial charge in [-0.1, -0.05) is 11.3 Å². The summed E-state index contributed by atoms with van der Waals surface area (Å²) in [5.41, 5.74) is 0.0457. The van der Waals surface area contributed by atoms with Crippen molar-refractivity contribution in [2.45, 2.75) is 20.0 Å². The Balaban J connectivity index is 2.29. The average Bonchev–Trinajstić information content (AvgIpc) is 2.93. The van der Waals surface area contributed by atoms with Gasteiger partial charge in [-0.05, 0) is 6.92 Å². The van der Waals surface area contributed by atoms with Gasteiger partial charge in [-0.3, -0.25) is 4.79 Å². The molecule has 0 saturated carbocycles. The third-order valence-electron chi connectivity index (χ3n) is 2.89. The molecule has 1 unspecified atom stereocenters. The first kappa shape index (κ1) is 15.4. The van der Waals surface area contributed by atoms with E-state index in [0.29, 0.717) is 24.8 Å². The third kappa shape index (κ3) is 3.37. The number of ether oxygens (including phenoxy) is 2. The Hall–Kier alpha value is -1.98. The largest absolute Gasteiger partial charge is 0.461 e.